The molecule has 8 nitrogen and oxygen atoms in total. The third-order valence-corrected chi connectivity index (χ3v) is 7.43. The maximum atomic E-state index is 12.9. The minimum atomic E-state index is -0.617. The maximum Gasteiger partial charge on any atom is 0.248 e. The highest BCUT2D eigenvalue weighted by atomic mass is 16.5. The van der Waals surface area contributed by atoms with Crippen molar-refractivity contribution >= 4 is 30.1 Å². The number of amides is 3. The number of unbranched alkanes of at least 4 members (excludes halogenated alkanes) is 2. The topological polar surface area (TPSA) is 116 Å². The fourth-order valence-corrected chi connectivity index (χ4v) is 5.31. The summed E-state index contributed by atoms with van der Waals surface area (Å²) in [5, 5.41) is 16.1. The first-order chi connectivity index (χ1) is 17.4. The van der Waals surface area contributed by atoms with Crippen LogP contribution in [0.15, 0.2) is 42.0 Å². The molecular weight excluding hydrogens is 458 g/mol. The van der Waals surface area contributed by atoms with Gasteiger partial charge in [-0.1, -0.05) is 63.5 Å². The molecule has 0 spiro atoms. The van der Waals surface area contributed by atoms with E-state index in [1.54, 1.807) is 6.07 Å². The predicted molar refractivity (Wildman–Crippen MR) is 137 cm³/mol. The summed E-state index contributed by atoms with van der Waals surface area (Å²) in [7, 11) is 0. The van der Waals surface area contributed by atoms with Gasteiger partial charge in [0.15, 0.2) is 0 Å². The molecule has 0 saturated heterocycles. The number of hydrogen-bond donors (Lipinski definition) is 3. The Morgan fingerprint density at radius 1 is 1.11 bits per heavy atom. The molecule has 1 aromatic carbocycles. The number of rotatable bonds is 14. The summed E-state index contributed by atoms with van der Waals surface area (Å²) < 4.78 is 0. The second-order valence-corrected chi connectivity index (χ2v) is 9.56. The van der Waals surface area contributed by atoms with Crippen molar-refractivity contribution in [2.24, 2.45) is 17.8 Å². The van der Waals surface area contributed by atoms with Gasteiger partial charge in [0.25, 0.3) is 0 Å². The van der Waals surface area contributed by atoms with Gasteiger partial charge in [-0.3, -0.25) is 24.4 Å². The molecule has 1 saturated carbocycles. The van der Waals surface area contributed by atoms with E-state index in [0.29, 0.717) is 35.5 Å². The Morgan fingerprint density at radius 2 is 1.89 bits per heavy atom. The fourth-order valence-electron chi connectivity index (χ4n) is 5.31. The highest BCUT2D eigenvalue weighted by Gasteiger charge is 2.40. The van der Waals surface area contributed by atoms with Gasteiger partial charge in [0.05, 0.1) is 18.6 Å². The highest BCUT2D eigenvalue weighted by molar-refractivity contribution is 5.96. The number of hydroxylamine groups is 2. The lowest BCUT2D eigenvalue weighted by molar-refractivity contribution is -0.168. The Bertz CT molecular complexity index is 1020. The van der Waals surface area contributed by atoms with Gasteiger partial charge < -0.3 is 10.6 Å². The molecular formula is C28H37N3O5. The Morgan fingerprint density at radius 3 is 2.53 bits per heavy atom. The quantitative estimate of drug-likeness (QED) is 0.119. The van der Waals surface area contributed by atoms with Crippen LogP contribution in [-0.2, 0) is 14.4 Å². The number of nitrogens with one attached hydrogen (secondary N) is 2. The Hall–Kier alpha value is -3.26. The smallest absolute Gasteiger partial charge is 0.248 e. The molecule has 194 valence electrons. The number of nitrogens with zero attached hydrogens (tertiary/aromatic N) is 1. The van der Waals surface area contributed by atoms with Gasteiger partial charge in [-0.05, 0) is 54.7 Å². The first-order valence-corrected chi connectivity index (χ1v) is 12.9. The van der Waals surface area contributed by atoms with E-state index in [-0.39, 0.29) is 30.3 Å². The molecule has 0 aliphatic heterocycles. The first kappa shape index (κ1) is 27.3. The van der Waals surface area contributed by atoms with E-state index in [1.807, 2.05) is 37.3 Å². The molecule has 0 heterocycles. The zero-order valence-electron chi connectivity index (χ0n) is 21.1. The van der Waals surface area contributed by atoms with E-state index in [2.05, 4.69) is 17.6 Å². The largest absolute Gasteiger partial charge is 0.338 e. The molecule has 4 unspecified atom stereocenters. The number of aldehydes is 1. The summed E-state index contributed by atoms with van der Waals surface area (Å²) in [4.78, 5) is 48.1. The van der Waals surface area contributed by atoms with Gasteiger partial charge >= 0.3 is 0 Å². The molecule has 3 amide bonds. The molecule has 1 aromatic rings. The number of allylic oxidation sites excluding steroid dienone is 3. The third-order valence-electron chi connectivity index (χ3n) is 7.43. The molecule has 0 aromatic heterocycles. The number of hydrogen-bond acceptors (Lipinski definition) is 5. The van der Waals surface area contributed by atoms with Crippen molar-refractivity contribution in [3.8, 4) is 0 Å². The minimum absolute atomic E-state index is 0.0302. The van der Waals surface area contributed by atoms with Crippen LogP contribution in [0, 0.1) is 17.8 Å². The molecule has 3 rings (SSSR count). The van der Waals surface area contributed by atoms with Crippen LogP contribution in [0.3, 0.4) is 0 Å². The van der Waals surface area contributed by atoms with Gasteiger partial charge in [-0.15, -0.1) is 0 Å². The van der Waals surface area contributed by atoms with E-state index >= 15 is 0 Å². The highest BCUT2D eigenvalue weighted by Crippen LogP contribution is 2.49. The Balaban J connectivity index is 1.62. The second kappa shape index (κ2) is 13.2. The average Bonchev–Trinajstić information content (AvgIpc) is 2.88. The Labute approximate surface area is 212 Å². The average molecular weight is 496 g/mol. The lowest BCUT2D eigenvalue weighted by Crippen LogP contribution is -2.48. The van der Waals surface area contributed by atoms with Crippen LogP contribution >= 0.6 is 0 Å². The summed E-state index contributed by atoms with van der Waals surface area (Å²) in [6.07, 6.45) is 10.6. The van der Waals surface area contributed by atoms with Crippen LogP contribution in [0.25, 0.3) is 5.57 Å². The van der Waals surface area contributed by atoms with Crippen LogP contribution in [-0.4, -0.2) is 47.5 Å². The third kappa shape index (κ3) is 6.29. The maximum absolute atomic E-state index is 12.9. The van der Waals surface area contributed by atoms with Crippen LogP contribution < -0.4 is 10.6 Å². The zero-order valence-corrected chi connectivity index (χ0v) is 21.1. The summed E-state index contributed by atoms with van der Waals surface area (Å²) >= 11 is 0. The molecule has 8 heteroatoms. The monoisotopic (exact) mass is 495 g/mol. The van der Waals surface area contributed by atoms with Crippen molar-refractivity contribution in [1.29, 1.82) is 0 Å². The van der Waals surface area contributed by atoms with Gasteiger partial charge in [0, 0.05) is 11.1 Å². The summed E-state index contributed by atoms with van der Waals surface area (Å²) in [5.41, 5.74) is 3.47. The minimum Gasteiger partial charge on any atom is -0.338 e. The number of carbonyl (C=O) groups is 4. The van der Waals surface area contributed by atoms with Crippen LogP contribution in [0.1, 0.15) is 74.7 Å². The van der Waals surface area contributed by atoms with Crippen LogP contribution in [0.2, 0.25) is 0 Å². The van der Waals surface area contributed by atoms with Gasteiger partial charge in [0.2, 0.25) is 18.2 Å². The molecule has 0 bridgehead atoms. The van der Waals surface area contributed by atoms with E-state index in [0.717, 1.165) is 49.5 Å². The van der Waals surface area contributed by atoms with Crippen LogP contribution in [0.4, 0.5) is 0 Å². The summed E-state index contributed by atoms with van der Waals surface area (Å²) in [6, 6.07) is 6.89. The number of fused-ring (bicyclic) bond motifs is 1. The van der Waals surface area contributed by atoms with Crippen molar-refractivity contribution < 1.29 is 24.4 Å². The van der Waals surface area contributed by atoms with Crippen molar-refractivity contribution in [1.82, 2.24) is 15.7 Å². The standard InChI is InChI=1S/C28H37N3O5/c1-3-5-6-10-25(26(4-2)31(36)18-33)28(35)30-17-29-27(34)24-14-11-21(22-12-13-23(22)24)20-9-7-8-19(15-20)16-32/h7-9,11,14-16,18,22-23,25-26,36H,3-6,10,12-13,17H2,1-2H3,(H,29,34)(H,30,35). The Kier molecular flexibility index (Phi) is 9.99. The van der Waals surface area contributed by atoms with Gasteiger partial charge in [-0.25, -0.2) is 5.06 Å². The summed E-state index contributed by atoms with van der Waals surface area (Å²) in [5.74, 6) is -0.725. The summed E-state index contributed by atoms with van der Waals surface area (Å²) in [6.45, 7) is 3.86. The van der Waals surface area contributed by atoms with E-state index in [4.69, 9.17) is 0 Å². The van der Waals surface area contributed by atoms with Crippen molar-refractivity contribution in [3.63, 3.8) is 0 Å². The SMILES string of the molecule is CCCCCC(C(=O)NCNC(=O)C1=CC=C(c2cccc(C=O)c2)C2CCC12)C(CC)N(O)C=O. The van der Waals surface area contributed by atoms with E-state index < -0.39 is 12.0 Å². The normalized spacial score (nSPS) is 20.0. The fraction of sp³-hybridized carbons (Fsp3) is 0.500. The zero-order chi connectivity index (χ0) is 26.1. The van der Waals surface area contributed by atoms with E-state index in [1.165, 1.54) is 0 Å². The predicted octanol–water partition coefficient (Wildman–Crippen LogP) is 3.86. The van der Waals surface area contributed by atoms with Crippen LogP contribution in [0.5, 0.6) is 0 Å². The molecule has 0 radical (unpaired) electrons. The lowest BCUT2D eigenvalue weighted by Gasteiger charge is -2.42. The van der Waals surface area contributed by atoms with Crippen molar-refractivity contribution in [2.75, 3.05) is 6.67 Å². The second-order valence-electron chi connectivity index (χ2n) is 9.56. The molecule has 2 aliphatic rings. The molecule has 2 aliphatic carbocycles. The van der Waals surface area contributed by atoms with Crippen molar-refractivity contribution in [2.45, 2.75) is 64.8 Å². The number of benzene rings is 1. The van der Waals surface area contributed by atoms with Gasteiger partial charge in [-0.2, -0.15) is 0 Å². The lowest BCUT2D eigenvalue weighted by atomic mass is 9.62. The first-order valence-electron chi connectivity index (χ1n) is 12.9. The molecule has 4 atom stereocenters. The van der Waals surface area contributed by atoms with E-state index in [9.17, 15) is 24.4 Å². The van der Waals surface area contributed by atoms with Crippen molar-refractivity contribution in [3.05, 3.63) is 53.1 Å². The molecule has 1 fully saturated rings. The van der Waals surface area contributed by atoms with Gasteiger partial charge in [0.1, 0.15) is 6.29 Å². The molecule has 36 heavy (non-hydrogen) atoms. The number of carbonyl (C=O) groups excluding carboxylic acids is 4. The molecule has 3 N–H and O–H groups in total.